The molecule has 0 aromatic heterocycles. The Hall–Kier alpha value is -2.59. The van der Waals surface area contributed by atoms with Gasteiger partial charge in [0.2, 0.25) is 0 Å². The van der Waals surface area contributed by atoms with Gasteiger partial charge in [-0.25, -0.2) is 4.79 Å². The van der Waals surface area contributed by atoms with E-state index in [1.165, 1.54) is 18.4 Å². The minimum atomic E-state index is -0.298. The maximum absolute atomic E-state index is 11.9. The van der Waals surface area contributed by atoms with E-state index in [9.17, 15) is 4.79 Å². The molecule has 0 spiro atoms. The lowest BCUT2D eigenvalue weighted by Gasteiger charge is -2.41. The molecule has 2 aromatic rings. The molecule has 0 unspecified atom stereocenters. The number of nitrogens with zero attached hydrogens (tertiary/aromatic N) is 2. The van der Waals surface area contributed by atoms with Gasteiger partial charge in [-0.3, -0.25) is 4.90 Å². The summed E-state index contributed by atoms with van der Waals surface area (Å²) in [4.78, 5) is 16.8. The van der Waals surface area contributed by atoms with Crippen molar-refractivity contribution in [1.82, 2.24) is 4.90 Å². The number of carbonyl (C=O) groups is 1. The Morgan fingerprint density at radius 1 is 1.19 bits per heavy atom. The molecule has 0 radical (unpaired) electrons. The maximum atomic E-state index is 11.9. The van der Waals surface area contributed by atoms with Crippen LogP contribution in [0.15, 0.2) is 54.6 Å². The van der Waals surface area contributed by atoms with Crippen LogP contribution >= 0.6 is 0 Å². The molecule has 0 amide bonds. The topological polar surface area (TPSA) is 32.8 Å². The number of carbonyl (C=O) groups excluding carboxylic acids is 1. The number of hydrogen-bond acceptors (Lipinski definition) is 4. The molecule has 0 aliphatic carbocycles. The number of allylic oxidation sites excluding steroid dienone is 1. The lowest BCUT2D eigenvalue weighted by atomic mass is 10.0. The smallest absolute Gasteiger partial charge is 0.337 e. The van der Waals surface area contributed by atoms with Crippen molar-refractivity contribution >= 4 is 17.7 Å². The molecule has 1 aliphatic heterocycles. The molecular weight excluding hydrogens is 336 g/mol. The number of hydrogen-bond donors (Lipinski definition) is 0. The quantitative estimate of drug-likeness (QED) is 0.744. The van der Waals surface area contributed by atoms with Gasteiger partial charge in [0.05, 0.1) is 12.7 Å². The largest absolute Gasteiger partial charge is 0.465 e. The van der Waals surface area contributed by atoms with E-state index in [-0.39, 0.29) is 5.97 Å². The second-order valence-electron chi connectivity index (χ2n) is 7.02. The molecule has 1 fully saturated rings. The zero-order valence-electron chi connectivity index (χ0n) is 16.4. The summed E-state index contributed by atoms with van der Waals surface area (Å²) in [5.41, 5.74) is 4.18. The third kappa shape index (κ3) is 4.58. The van der Waals surface area contributed by atoms with E-state index in [4.69, 9.17) is 4.74 Å². The fraction of sp³-hybridized carbons (Fsp3) is 0.348. The number of piperazine rings is 1. The highest BCUT2D eigenvalue weighted by atomic mass is 16.5. The van der Waals surface area contributed by atoms with Crippen molar-refractivity contribution < 1.29 is 9.53 Å². The molecule has 0 bridgehead atoms. The van der Waals surface area contributed by atoms with Crippen LogP contribution in [0.3, 0.4) is 0 Å². The lowest BCUT2D eigenvalue weighted by molar-refractivity contribution is 0.0600. The number of benzene rings is 2. The summed E-state index contributed by atoms with van der Waals surface area (Å²) in [6.07, 6.45) is 4.07. The second kappa shape index (κ2) is 8.87. The van der Waals surface area contributed by atoms with Gasteiger partial charge >= 0.3 is 5.97 Å². The zero-order chi connectivity index (χ0) is 19.2. The Kier molecular flexibility index (Phi) is 6.30. The van der Waals surface area contributed by atoms with Crippen LogP contribution in [0.2, 0.25) is 0 Å². The molecule has 0 N–H and O–H groups in total. The summed E-state index contributed by atoms with van der Waals surface area (Å²) < 4.78 is 4.86. The van der Waals surface area contributed by atoms with Crippen LogP contribution in [-0.4, -0.2) is 43.7 Å². The Labute approximate surface area is 162 Å². The number of rotatable bonds is 5. The van der Waals surface area contributed by atoms with Crippen molar-refractivity contribution in [3.63, 3.8) is 0 Å². The molecule has 3 rings (SSSR count). The molecule has 1 atom stereocenters. The SMILES string of the molecule is CC=Cc1cc(C(=O)OC)ccc1N1CCN(Cc2ccccc2)[C@H](C)C1. The normalized spacial score (nSPS) is 18.0. The van der Waals surface area contributed by atoms with Gasteiger partial charge < -0.3 is 9.64 Å². The number of esters is 1. The predicted molar refractivity (Wildman–Crippen MR) is 111 cm³/mol. The van der Waals surface area contributed by atoms with E-state index in [2.05, 4.69) is 53.1 Å². The van der Waals surface area contributed by atoms with Crippen LogP contribution in [0.1, 0.15) is 35.3 Å². The van der Waals surface area contributed by atoms with Crippen LogP contribution in [0, 0.1) is 0 Å². The Morgan fingerprint density at radius 2 is 1.96 bits per heavy atom. The average Bonchev–Trinajstić information content (AvgIpc) is 2.70. The number of methoxy groups -OCH3 is 1. The summed E-state index contributed by atoms with van der Waals surface area (Å²) in [6.45, 7) is 8.22. The van der Waals surface area contributed by atoms with Gasteiger partial charge in [0.15, 0.2) is 0 Å². The van der Waals surface area contributed by atoms with E-state index in [0.29, 0.717) is 11.6 Å². The van der Waals surface area contributed by atoms with Crippen molar-refractivity contribution in [2.24, 2.45) is 0 Å². The van der Waals surface area contributed by atoms with E-state index >= 15 is 0 Å². The molecule has 0 saturated carbocycles. The van der Waals surface area contributed by atoms with E-state index < -0.39 is 0 Å². The molecule has 4 heteroatoms. The van der Waals surface area contributed by atoms with E-state index in [1.807, 2.05) is 31.2 Å². The van der Waals surface area contributed by atoms with Gasteiger partial charge in [-0.1, -0.05) is 42.5 Å². The van der Waals surface area contributed by atoms with E-state index in [1.54, 1.807) is 0 Å². The van der Waals surface area contributed by atoms with Crippen molar-refractivity contribution in [3.05, 3.63) is 71.3 Å². The highest BCUT2D eigenvalue weighted by Crippen LogP contribution is 2.27. The Bertz CT molecular complexity index is 801. The summed E-state index contributed by atoms with van der Waals surface area (Å²) in [7, 11) is 1.42. The third-order valence-electron chi connectivity index (χ3n) is 5.13. The van der Waals surface area contributed by atoms with Crippen LogP contribution in [0.25, 0.3) is 6.08 Å². The minimum Gasteiger partial charge on any atom is -0.465 e. The molecule has 2 aromatic carbocycles. The Morgan fingerprint density at radius 3 is 2.63 bits per heavy atom. The van der Waals surface area contributed by atoms with Crippen LogP contribution in [-0.2, 0) is 11.3 Å². The standard InChI is InChI=1S/C23H28N2O2/c1-4-8-20-15-21(23(26)27-3)11-12-22(20)25-14-13-24(18(2)16-25)17-19-9-6-5-7-10-19/h4-12,15,18H,13-14,16-17H2,1-3H3/t18-/m1/s1. The van der Waals surface area contributed by atoms with Crippen LogP contribution in [0.4, 0.5) is 5.69 Å². The first kappa shape index (κ1) is 19.2. The van der Waals surface area contributed by atoms with Gasteiger partial charge in [-0.05, 0) is 43.2 Å². The highest BCUT2D eigenvalue weighted by molar-refractivity contribution is 5.91. The van der Waals surface area contributed by atoms with Gasteiger partial charge in [0.25, 0.3) is 0 Å². The fourth-order valence-electron chi connectivity index (χ4n) is 3.67. The molecule has 142 valence electrons. The third-order valence-corrected chi connectivity index (χ3v) is 5.13. The van der Waals surface area contributed by atoms with Crippen LogP contribution < -0.4 is 4.90 Å². The average molecular weight is 364 g/mol. The summed E-state index contributed by atoms with van der Waals surface area (Å²) >= 11 is 0. The molecule has 1 heterocycles. The molecular formula is C23H28N2O2. The van der Waals surface area contributed by atoms with E-state index in [0.717, 1.165) is 31.7 Å². The molecule has 4 nitrogen and oxygen atoms in total. The first-order chi connectivity index (χ1) is 13.1. The number of anilines is 1. The van der Waals surface area contributed by atoms with Crippen molar-refractivity contribution in [3.8, 4) is 0 Å². The second-order valence-corrected chi connectivity index (χ2v) is 7.02. The van der Waals surface area contributed by atoms with Gasteiger partial charge in [0.1, 0.15) is 0 Å². The first-order valence-corrected chi connectivity index (χ1v) is 9.50. The van der Waals surface area contributed by atoms with Gasteiger partial charge in [-0.2, -0.15) is 0 Å². The monoisotopic (exact) mass is 364 g/mol. The number of ether oxygens (including phenoxy) is 1. The first-order valence-electron chi connectivity index (χ1n) is 9.50. The van der Waals surface area contributed by atoms with Crippen molar-refractivity contribution in [2.75, 3.05) is 31.6 Å². The molecule has 27 heavy (non-hydrogen) atoms. The highest BCUT2D eigenvalue weighted by Gasteiger charge is 2.25. The Balaban J connectivity index is 1.75. The zero-order valence-corrected chi connectivity index (χ0v) is 16.4. The molecule has 1 saturated heterocycles. The maximum Gasteiger partial charge on any atom is 0.337 e. The molecule has 1 aliphatic rings. The fourth-order valence-corrected chi connectivity index (χ4v) is 3.67. The van der Waals surface area contributed by atoms with Gasteiger partial charge in [-0.15, -0.1) is 0 Å². The predicted octanol–water partition coefficient (Wildman–Crippen LogP) is 4.22. The van der Waals surface area contributed by atoms with Crippen molar-refractivity contribution in [1.29, 1.82) is 0 Å². The lowest BCUT2D eigenvalue weighted by Crippen LogP contribution is -2.51. The summed E-state index contributed by atoms with van der Waals surface area (Å²) in [6, 6.07) is 16.9. The minimum absolute atomic E-state index is 0.298. The van der Waals surface area contributed by atoms with Crippen molar-refractivity contribution in [2.45, 2.75) is 26.4 Å². The summed E-state index contributed by atoms with van der Waals surface area (Å²) in [5.74, 6) is -0.298. The van der Waals surface area contributed by atoms with Crippen LogP contribution in [0.5, 0.6) is 0 Å². The van der Waals surface area contributed by atoms with Gasteiger partial charge in [0, 0.05) is 37.9 Å². The summed E-state index contributed by atoms with van der Waals surface area (Å²) in [5, 5.41) is 0.